The summed E-state index contributed by atoms with van der Waals surface area (Å²) in [6, 6.07) is 37.6. The number of anilines is 8. The average Bonchev–Trinajstić information content (AvgIpc) is 0.756. The first-order chi connectivity index (χ1) is 47.5. The molecular formula is C55H29Cl2N11Na8O26S8. The van der Waals surface area contributed by atoms with E-state index in [-0.39, 0.29) is 297 Å². The van der Waals surface area contributed by atoms with E-state index in [1.165, 1.54) is 60.7 Å². The van der Waals surface area contributed by atoms with E-state index in [4.69, 9.17) is 61.1 Å². The molecule has 0 aliphatic rings. The van der Waals surface area contributed by atoms with Crippen LogP contribution >= 0.6 is 23.2 Å². The number of fused-ring (bicyclic) bond motifs is 4. The standard InChI is InChI=1S/C55H34Cl2N11O17S5.8Na.3O3S/c56-31-23-35(25-36(24-31)59-40-9-3-7-29-21-44(88(77,78)79)49(50(69)46(29)40)68-66-41-18-11-27-5-1-2-8-39(27)52(41)90(83,84)85)58-32-12-14-33(15-13-32)60-54-62-53(57)63-55(64-54)61-42-26-37(86(71,72)73)20-30-22-45(89(80,81)82)48(51(70)47(30)42)67-65-34-16-17-38-28(19-34)6-4-10-43(38)87(74,75)76;;;;;;;;;3*1-4(2)3/h1-2,4,6-18,20-26,58-59,69-70H,(H,71,72,73)(H,74,75,76)(H,77,78,79)(H,80,81,82)(H,83,84,85)(H2,60,61,62,63,64);;;;;;;;;;;/q-3;8*+1;;;/p-5. The second-order valence-electron chi connectivity index (χ2n) is 19.5. The van der Waals surface area contributed by atoms with Gasteiger partial charge in [-0.05, 0) is 77.7 Å². The van der Waals surface area contributed by atoms with Crippen LogP contribution in [0.15, 0.2) is 184 Å². The molecular weight excluding hydrogens is 1740 g/mol. The van der Waals surface area contributed by atoms with Crippen LogP contribution in [0.4, 0.5) is 68.8 Å². The van der Waals surface area contributed by atoms with E-state index in [1.54, 1.807) is 36.4 Å². The third kappa shape index (κ3) is 29.7. The smallest absolute Gasteiger partial charge is 0.745 e. The zero-order chi connectivity index (χ0) is 75.1. The van der Waals surface area contributed by atoms with Gasteiger partial charge in [-0.15, -0.1) is 125 Å². The minimum absolute atomic E-state index is 0. The van der Waals surface area contributed by atoms with Crippen LogP contribution in [0.3, 0.4) is 0 Å². The van der Waals surface area contributed by atoms with Crippen LogP contribution < -0.4 is 258 Å². The predicted molar refractivity (Wildman–Crippen MR) is 349 cm³/mol. The minimum atomic E-state index is -5.57. The maximum absolute atomic E-state index is 12.6. The molecule has 1 heterocycles. The van der Waals surface area contributed by atoms with E-state index in [1.807, 2.05) is 0 Å². The third-order valence-corrected chi connectivity index (χ3v) is 17.7. The molecule has 0 unspecified atom stereocenters. The van der Waals surface area contributed by atoms with Gasteiger partial charge < -0.3 is 54.2 Å². The van der Waals surface area contributed by atoms with Crippen molar-refractivity contribution in [1.82, 2.24) is 15.0 Å². The zero-order valence-electron chi connectivity index (χ0n) is 57.1. The van der Waals surface area contributed by atoms with Crippen molar-refractivity contribution in [1.29, 1.82) is 0 Å². The SMILES string of the molecule is O=S(=O)([O-])c1cc(Nc2nc(Cl)nc(Nc3ccc(Nc4cc(Cl)cc(Nc5c[c-]cc6cc(S(=O)(=O)[O-])c(N=Nc7ccc8[c-]cccc8c7S(=O)(=O)[O-])c(O)c56)c4)cc3)n2)c2c(O)c(N=Nc3[c-]c4cccc(S(=O)(=O)[O-])c4cc3)c(S(=O)(=O)[O-])cc2c1.O=S(=O)=O.O=S(=O)=O.O=S(=O)=O.[Na+].[Na+].[Na+].[Na+].[Na+].[Na+].[Na+].[Na+]. The molecule has 0 saturated heterocycles. The van der Waals surface area contributed by atoms with Crippen LogP contribution in [0.25, 0.3) is 43.1 Å². The van der Waals surface area contributed by atoms with Crippen molar-refractivity contribution in [2.45, 2.75) is 24.5 Å². The largest absolute Gasteiger partial charge is 1.00 e. The van der Waals surface area contributed by atoms with Gasteiger partial charge in [0, 0.05) is 48.6 Å². The predicted octanol–water partition coefficient (Wildman–Crippen LogP) is -16.1. The molecule has 37 nitrogen and oxygen atoms in total. The van der Waals surface area contributed by atoms with Crippen LogP contribution in [-0.2, 0) is 82.4 Å². The molecule has 0 aliphatic heterocycles. The molecule has 0 fully saturated rings. The molecule has 0 atom stereocenters. The summed E-state index contributed by atoms with van der Waals surface area (Å²) < 4.78 is 262. The van der Waals surface area contributed by atoms with Gasteiger partial charge in [0.05, 0.1) is 26.1 Å². The summed E-state index contributed by atoms with van der Waals surface area (Å²) in [5.41, 5.74) is -1.50. The second kappa shape index (κ2) is 45.8. The van der Waals surface area contributed by atoms with Crippen molar-refractivity contribution < 1.29 is 349 Å². The van der Waals surface area contributed by atoms with Crippen molar-refractivity contribution in [3.05, 3.63) is 168 Å². The first kappa shape index (κ1) is 107. The Bertz CT molecular complexity index is 6300. The Kier molecular flexibility index (Phi) is 44.7. The number of aromatic nitrogens is 3. The van der Waals surface area contributed by atoms with Gasteiger partial charge in [-0.3, -0.25) is 0 Å². The molecule has 110 heavy (non-hydrogen) atoms. The van der Waals surface area contributed by atoms with Crippen molar-refractivity contribution >= 4 is 217 Å². The van der Waals surface area contributed by atoms with Crippen LogP contribution in [-0.4, -0.2) is 128 Å². The maximum Gasteiger partial charge on any atom is 1.00 e. The number of nitrogens with zero attached hydrogens (tertiary/aromatic N) is 7. The quantitative estimate of drug-likeness (QED) is 0.0213. The number of azo groups is 2. The molecule has 0 spiro atoms. The molecule has 0 radical (unpaired) electrons. The van der Waals surface area contributed by atoms with E-state index < -0.39 is 163 Å². The van der Waals surface area contributed by atoms with Gasteiger partial charge in [-0.2, -0.15) is 43.4 Å². The van der Waals surface area contributed by atoms with Crippen molar-refractivity contribution in [2.24, 2.45) is 20.5 Å². The van der Waals surface area contributed by atoms with Gasteiger partial charge in [0.2, 0.25) is 17.2 Å². The Labute approximate surface area is 814 Å². The molecule has 0 saturated carbocycles. The third-order valence-electron chi connectivity index (χ3n) is 13.0. The van der Waals surface area contributed by atoms with Gasteiger partial charge >= 0.3 is 268 Å². The molecule has 0 aliphatic carbocycles. The minimum Gasteiger partial charge on any atom is -0.745 e. The molecule has 55 heteroatoms. The Hall–Kier alpha value is -2.76. The number of aromatic hydroxyl groups is 2. The summed E-state index contributed by atoms with van der Waals surface area (Å²) in [4.78, 5) is 7.71. The van der Waals surface area contributed by atoms with Crippen molar-refractivity contribution in [3.63, 3.8) is 0 Å². The Morgan fingerprint density at radius 3 is 1.45 bits per heavy atom. The number of rotatable bonds is 17. The van der Waals surface area contributed by atoms with Gasteiger partial charge in [0.15, 0.2) is 5.75 Å². The zero-order valence-corrected chi connectivity index (χ0v) is 81.2. The van der Waals surface area contributed by atoms with Crippen LogP contribution in [0.2, 0.25) is 10.3 Å². The number of hydrogen-bond acceptors (Lipinski definition) is 37. The fourth-order valence-corrected chi connectivity index (χ4v) is 13.0. The first-order valence-electron chi connectivity index (χ1n) is 26.3. The van der Waals surface area contributed by atoms with E-state index in [0.29, 0.717) is 29.2 Å². The fraction of sp³-hybridized carbons (Fsp3) is 0. The number of phenols is 2. The number of halogens is 2. The van der Waals surface area contributed by atoms with Gasteiger partial charge in [0.25, 0.3) is 0 Å². The summed E-state index contributed by atoms with van der Waals surface area (Å²) in [6.45, 7) is 0. The van der Waals surface area contributed by atoms with Gasteiger partial charge in [0.1, 0.15) is 67.7 Å². The molecule has 530 valence electrons. The number of phenolic OH excluding ortho intramolecular Hbond substituents is 2. The van der Waals surface area contributed by atoms with Crippen molar-refractivity contribution in [2.75, 3.05) is 21.3 Å². The van der Waals surface area contributed by atoms with Crippen LogP contribution in [0, 0.1) is 18.2 Å². The summed E-state index contributed by atoms with van der Waals surface area (Å²) in [6.07, 6.45) is 0. The molecule has 11 aromatic rings. The van der Waals surface area contributed by atoms with Crippen molar-refractivity contribution in [3.8, 4) is 11.5 Å². The van der Waals surface area contributed by atoms with E-state index in [9.17, 15) is 75.1 Å². The first-order valence-corrected chi connectivity index (χ1v) is 37.1. The van der Waals surface area contributed by atoms with Crippen LogP contribution in [0.5, 0.6) is 11.5 Å². The Morgan fingerprint density at radius 1 is 0.427 bits per heavy atom. The monoisotopic (exact) mass is 1770 g/mol. The number of benzene rings is 10. The molecule has 1 aromatic heterocycles. The maximum atomic E-state index is 12.6. The topological polar surface area (TPSA) is 616 Å². The molecule has 0 amide bonds. The van der Waals surface area contributed by atoms with E-state index >= 15 is 0 Å². The summed E-state index contributed by atoms with van der Waals surface area (Å²) in [5, 5.41) is 49.4. The van der Waals surface area contributed by atoms with E-state index in [0.717, 1.165) is 30.3 Å². The molecule has 11 rings (SSSR count). The Morgan fingerprint density at radius 2 is 0.927 bits per heavy atom. The molecule has 0 bridgehead atoms. The normalized spacial score (nSPS) is 11.0. The number of nitrogens with one attached hydrogen (secondary N) is 4. The van der Waals surface area contributed by atoms with Gasteiger partial charge in [-0.1, -0.05) is 51.6 Å². The van der Waals surface area contributed by atoms with Gasteiger partial charge in [-0.25, -0.2) is 42.1 Å². The summed E-state index contributed by atoms with van der Waals surface area (Å²) in [7, 11) is -35.8. The average molecular weight is 1770 g/mol. The number of hydrogen-bond donors (Lipinski definition) is 6. The van der Waals surface area contributed by atoms with Crippen LogP contribution in [0.1, 0.15) is 0 Å². The second-order valence-corrected chi connectivity index (χ2v) is 28.2. The molecule has 6 N–H and O–H groups in total. The summed E-state index contributed by atoms with van der Waals surface area (Å²) in [5.74, 6) is -2.66. The Balaban J connectivity index is 0.00000554. The van der Waals surface area contributed by atoms with E-state index in [2.05, 4.69) is 74.9 Å². The fourth-order valence-electron chi connectivity index (χ4n) is 9.27. The molecule has 10 aromatic carbocycles. The summed E-state index contributed by atoms with van der Waals surface area (Å²) >= 11 is 12.9.